The maximum atomic E-state index is 12.5. The third-order valence-electron chi connectivity index (χ3n) is 5.32. The molecule has 0 aliphatic carbocycles. The first-order valence-corrected chi connectivity index (χ1v) is 13.1. The highest BCUT2D eigenvalue weighted by atomic mass is 32.2. The molecule has 0 unspecified atom stereocenters. The number of rotatable bonds is 9. The molecule has 2 heterocycles. The van der Waals surface area contributed by atoms with E-state index in [0.29, 0.717) is 24.4 Å². The zero-order valence-electron chi connectivity index (χ0n) is 18.9. The van der Waals surface area contributed by atoms with Crippen LogP contribution in [-0.4, -0.2) is 25.7 Å². The number of carbonyl (C=O) groups is 1. The van der Waals surface area contributed by atoms with Crippen LogP contribution in [-0.2, 0) is 18.7 Å². The number of para-hydroxylation sites is 1. The molecule has 0 fully saturated rings. The molecular weight excluding hydrogens is 474 g/mol. The van der Waals surface area contributed by atoms with Crippen molar-refractivity contribution in [1.82, 2.24) is 25.1 Å². The number of aromatic nitrogens is 4. The summed E-state index contributed by atoms with van der Waals surface area (Å²) in [4.78, 5) is 17.1. The van der Waals surface area contributed by atoms with Crippen LogP contribution in [0.3, 0.4) is 0 Å². The minimum absolute atomic E-state index is 0.168. The van der Waals surface area contributed by atoms with E-state index in [-0.39, 0.29) is 5.91 Å². The monoisotopic (exact) mass is 497 g/mol. The van der Waals surface area contributed by atoms with Crippen LogP contribution in [0.25, 0.3) is 5.69 Å². The summed E-state index contributed by atoms with van der Waals surface area (Å²) in [5.74, 6) is 1.32. The number of thiazole rings is 1. The molecule has 3 aromatic carbocycles. The first-order valence-electron chi connectivity index (χ1n) is 11.2. The van der Waals surface area contributed by atoms with Crippen LogP contribution in [0, 0.1) is 0 Å². The number of hydrogen-bond acceptors (Lipinski definition) is 6. The van der Waals surface area contributed by atoms with E-state index >= 15 is 0 Å². The van der Waals surface area contributed by atoms with Crippen molar-refractivity contribution in [3.63, 3.8) is 0 Å². The molecule has 6 nitrogen and oxygen atoms in total. The summed E-state index contributed by atoms with van der Waals surface area (Å²) in [6.45, 7) is 0.478. The van der Waals surface area contributed by atoms with Gasteiger partial charge in [0.15, 0.2) is 5.16 Å². The second-order valence-corrected chi connectivity index (χ2v) is 9.70. The van der Waals surface area contributed by atoms with Gasteiger partial charge in [0.25, 0.3) is 5.91 Å². The van der Waals surface area contributed by atoms with E-state index < -0.39 is 0 Å². The van der Waals surface area contributed by atoms with Crippen LogP contribution in [0.4, 0.5) is 0 Å². The topological polar surface area (TPSA) is 72.7 Å². The highest BCUT2D eigenvalue weighted by Gasteiger charge is 2.17. The van der Waals surface area contributed by atoms with Crippen LogP contribution in [0.15, 0.2) is 102 Å². The van der Waals surface area contributed by atoms with Crippen molar-refractivity contribution in [3.05, 3.63) is 124 Å². The van der Waals surface area contributed by atoms with Gasteiger partial charge in [0, 0.05) is 24.0 Å². The van der Waals surface area contributed by atoms with Crippen molar-refractivity contribution in [3.8, 4) is 5.69 Å². The van der Waals surface area contributed by atoms with Gasteiger partial charge in [0.1, 0.15) is 16.5 Å². The summed E-state index contributed by atoms with van der Waals surface area (Å²) in [7, 11) is 0. The van der Waals surface area contributed by atoms with E-state index in [0.717, 1.165) is 27.2 Å². The number of benzene rings is 3. The lowest BCUT2D eigenvalue weighted by Crippen LogP contribution is -2.23. The number of nitrogens with zero attached hydrogens (tertiary/aromatic N) is 4. The normalized spacial score (nSPS) is 10.9. The van der Waals surface area contributed by atoms with E-state index in [1.807, 2.05) is 66.7 Å². The average molecular weight is 498 g/mol. The largest absolute Gasteiger partial charge is 0.347 e. The van der Waals surface area contributed by atoms with Gasteiger partial charge in [-0.3, -0.25) is 9.36 Å². The summed E-state index contributed by atoms with van der Waals surface area (Å²) in [6, 6.07) is 30.2. The molecule has 5 aromatic rings. The van der Waals surface area contributed by atoms with Crippen LogP contribution in [0.5, 0.6) is 0 Å². The zero-order valence-corrected chi connectivity index (χ0v) is 20.5. The highest BCUT2D eigenvalue weighted by Crippen LogP contribution is 2.27. The molecule has 8 heteroatoms. The summed E-state index contributed by atoms with van der Waals surface area (Å²) in [6.07, 6.45) is 0.687. The van der Waals surface area contributed by atoms with E-state index in [1.165, 1.54) is 16.9 Å². The molecule has 35 heavy (non-hydrogen) atoms. The Kier molecular flexibility index (Phi) is 7.31. The molecule has 2 aromatic heterocycles. The van der Waals surface area contributed by atoms with Gasteiger partial charge in [-0.1, -0.05) is 90.6 Å². The third-order valence-corrected chi connectivity index (χ3v) is 7.30. The predicted octanol–water partition coefficient (Wildman–Crippen LogP) is 5.54. The number of amides is 1. The molecule has 1 N–H and O–H groups in total. The lowest BCUT2D eigenvalue weighted by atomic mass is 10.1. The summed E-state index contributed by atoms with van der Waals surface area (Å²) in [5, 5.41) is 15.4. The standard InChI is InChI=1S/C27H23N5OS2/c33-26(28-17-21-12-6-2-7-13-21)23-18-34-25(29-23)19-35-27-31-30-24(16-20-10-4-1-5-11-20)32(27)22-14-8-3-9-15-22/h1-15,18H,16-17,19H2,(H,28,33). The first kappa shape index (κ1) is 23.0. The minimum atomic E-state index is -0.168. The molecule has 0 aliphatic heterocycles. The van der Waals surface area contributed by atoms with Crippen molar-refractivity contribution >= 4 is 29.0 Å². The van der Waals surface area contributed by atoms with Gasteiger partial charge in [-0.25, -0.2) is 4.98 Å². The molecule has 0 bridgehead atoms. The molecule has 1 amide bonds. The maximum Gasteiger partial charge on any atom is 0.271 e. The number of thioether (sulfide) groups is 1. The molecule has 174 valence electrons. The van der Waals surface area contributed by atoms with Gasteiger partial charge in [-0.15, -0.1) is 21.5 Å². The second kappa shape index (κ2) is 11.1. The Balaban J connectivity index is 1.28. The van der Waals surface area contributed by atoms with E-state index in [9.17, 15) is 4.79 Å². The van der Waals surface area contributed by atoms with Crippen molar-refractivity contribution < 1.29 is 4.79 Å². The lowest BCUT2D eigenvalue weighted by Gasteiger charge is -2.10. The predicted molar refractivity (Wildman–Crippen MR) is 140 cm³/mol. The van der Waals surface area contributed by atoms with Gasteiger partial charge in [0.2, 0.25) is 0 Å². The molecule has 0 saturated heterocycles. The maximum absolute atomic E-state index is 12.5. The minimum Gasteiger partial charge on any atom is -0.347 e. The van der Waals surface area contributed by atoms with Crippen LogP contribution >= 0.6 is 23.1 Å². The van der Waals surface area contributed by atoms with Crippen molar-refractivity contribution in [2.75, 3.05) is 0 Å². The summed E-state index contributed by atoms with van der Waals surface area (Å²) < 4.78 is 2.10. The van der Waals surface area contributed by atoms with Crippen molar-refractivity contribution in [2.45, 2.75) is 23.9 Å². The first-order chi connectivity index (χ1) is 17.3. The fourth-order valence-corrected chi connectivity index (χ4v) is 5.36. The van der Waals surface area contributed by atoms with Crippen LogP contribution in [0.1, 0.15) is 32.4 Å². The molecule has 0 saturated carbocycles. The van der Waals surface area contributed by atoms with Gasteiger partial charge in [-0.2, -0.15) is 0 Å². The molecule has 0 radical (unpaired) electrons. The highest BCUT2D eigenvalue weighted by molar-refractivity contribution is 7.98. The molecular formula is C27H23N5OS2. The Bertz CT molecular complexity index is 1390. The van der Waals surface area contributed by atoms with E-state index in [1.54, 1.807) is 17.1 Å². The van der Waals surface area contributed by atoms with Gasteiger partial charge in [-0.05, 0) is 23.3 Å². The Labute approximate surface area is 212 Å². The van der Waals surface area contributed by atoms with E-state index in [2.05, 4.69) is 49.3 Å². The quantitative estimate of drug-likeness (QED) is 0.271. The fourth-order valence-electron chi connectivity index (χ4n) is 3.60. The lowest BCUT2D eigenvalue weighted by molar-refractivity contribution is 0.0946. The summed E-state index contributed by atoms with van der Waals surface area (Å²) >= 11 is 3.05. The SMILES string of the molecule is O=C(NCc1ccccc1)c1csc(CSc2nnc(Cc3ccccc3)n2-c2ccccc2)n1. The number of hydrogen-bond donors (Lipinski definition) is 1. The molecule has 0 spiro atoms. The second-order valence-electron chi connectivity index (χ2n) is 7.82. The number of carbonyl (C=O) groups excluding carboxylic acids is 1. The Morgan fingerprint density at radius 2 is 1.51 bits per heavy atom. The fraction of sp³-hybridized carbons (Fsp3) is 0.111. The van der Waals surface area contributed by atoms with E-state index in [4.69, 9.17) is 0 Å². The Hall–Kier alpha value is -3.75. The third kappa shape index (κ3) is 5.85. The van der Waals surface area contributed by atoms with Crippen LogP contribution in [0.2, 0.25) is 0 Å². The molecule has 0 atom stereocenters. The summed E-state index contributed by atoms with van der Waals surface area (Å²) in [5.41, 5.74) is 3.69. The Morgan fingerprint density at radius 1 is 0.857 bits per heavy atom. The zero-order chi connectivity index (χ0) is 23.9. The smallest absolute Gasteiger partial charge is 0.271 e. The van der Waals surface area contributed by atoms with Gasteiger partial charge in [0.05, 0.1) is 5.75 Å². The van der Waals surface area contributed by atoms with Gasteiger partial charge < -0.3 is 5.32 Å². The van der Waals surface area contributed by atoms with Gasteiger partial charge >= 0.3 is 0 Å². The molecule has 5 rings (SSSR count). The van der Waals surface area contributed by atoms with Crippen LogP contribution < -0.4 is 5.32 Å². The van der Waals surface area contributed by atoms with Crippen molar-refractivity contribution in [2.24, 2.45) is 0 Å². The number of nitrogens with one attached hydrogen (secondary N) is 1. The molecule has 0 aliphatic rings. The Morgan fingerprint density at radius 3 is 2.23 bits per heavy atom. The van der Waals surface area contributed by atoms with Crippen molar-refractivity contribution in [1.29, 1.82) is 0 Å². The average Bonchev–Trinajstić information content (AvgIpc) is 3.55.